The molecule has 0 spiro atoms. The quantitative estimate of drug-likeness (QED) is 0.434. The largest absolute Gasteiger partial charge is 0.490 e. The lowest BCUT2D eigenvalue weighted by Gasteiger charge is -2.43. The van der Waals surface area contributed by atoms with Crippen LogP contribution in [-0.2, 0) is 9.53 Å². The number of fused-ring (bicyclic) bond motifs is 1. The number of hydrogen-bond acceptors (Lipinski definition) is 6. The SMILES string of the molecule is CCC1(C)CC(=O)N(C(CCOC)c2cccc(C(=O)NC3c4ccccc4OCC3(C)O)c2)C(=N)N1. The number of methoxy groups -OCH3 is 1. The van der Waals surface area contributed by atoms with Crippen LogP contribution in [0.1, 0.15) is 73.6 Å². The second-order valence-corrected chi connectivity index (χ2v) is 10.3. The molecule has 1 saturated heterocycles. The Morgan fingerprint density at radius 2 is 2.05 bits per heavy atom. The second kappa shape index (κ2) is 10.5. The van der Waals surface area contributed by atoms with E-state index in [9.17, 15) is 14.7 Å². The second-order valence-electron chi connectivity index (χ2n) is 10.3. The molecule has 2 heterocycles. The van der Waals surface area contributed by atoms with Crippen LogP contribution in [0.15, 0.2) is 48.5 Å². The van der Waals surface area contributed by atoms with Gasteiger partial charge in [-0.1, -0.05) is 37.3 Å². The summed E-state index contributed by atoms with van der Waals surface area (Å²) < 4.78 is 11.0. The van der Waals surface area contributed by atoms with Gasteiger partial charge in [-0.25, -0.2) is 0 Å². The van der Waals surface area contributed by atoms with E-state index in [2.05, 4.69) is 10.6 Å². The third-order valence-electron chi connectivity index (χ3n) is 7.34. The number of nitrogens with one attached hydrogen (secondary N) is 3. The highest BCUT2D eigenvalue weighted by molar-refractivity contribution is 6.00. The van der Waals surface area contributed by atoms with E-state index in [1.807, 2.05) is 44.2 Å². The van der Waals surface area contributed by atoms with Crippen molar-refractivity contribution < 1.29 is 24.2 Å². The lowest BCUT2D eigenvalue weighted by Crippen LogP contribution is -2.61. The highest BCUT2D eigenvalue weighted by atomic mass is 16.5. The maximum Gasteiger partial charge on any atom is 0.251 e. The number of ether oxygens (including phenoxy) is 2. The van der Waals surface area contributed by atoms with Crippen molar-refractivity contribution in [3.63, 3.8) is 0 Å². The zero-order valence-electron chi connectivity index (χ0n) is 21.8. The number of aliphatic hydroxyl groups is 1. The van der Waals surface area contributed by atoms with Crippen LogP contribution < -0.4 is 15.4 Å². The molecule has 4 rings (SSSR count). The molecule has 0 radical (unpaired) electrons. The van der Waals surface area contributed by atoms with E-state index < -0.39 is 23.2 Å². The number of nitrogens with zero attached hydrogens (tertiary/aromatic N) is 1. The fourth-order valence-corrected chi connectivity index (χ4v) is 4.98. The Kier molecular flexibility index (Phi) is 7.57. The van der Waals surface area contributed by atoms with Crippen LogP contribution in [0.5, 0.6) is 5.75 Å². The zero-order valence-corrected chi connectivity index (χ0v) is 21.8. The van der Waals surface area contributed by atoms with Crippen molar-refractivity contribution in [1.29, 1.82) is 5.41 Å². The maximum absolute atomic E-state index is 13.4. The van der Waals surface area contributed by atoms with Crippen molar-refractivity contribution in [1.82, 2.24) is 15.5 Å². The summed E-state index contributed by atoms with van der Waals surface area (Å²) >= 11 is 0. The van der Waals surface area contributed by atoms with Crippen molar-refractivity contribution in [2.45, 2.75) is 63.3 Å². The van der Waals surface area contributed by atoms with Gasteiger partial charge in [-0.3, -0.25) is 19.9 Å². The Balaban J connectivity index is 1.61. The van der Waals surface area contributed by atoms with Crippen LogP contribution in [0.25, 0.3) is 0 Å². The molecule has 4 unspecified atom stereocenters. The maximum atomic E-state index is 13.4. The standard InChI is InChI=1S/C28H36N4O5/c1-5-27(2)16-23(33)32(26(29)31-27)21(13-14-36-4)18-9-8-10-19(15-18)25(34)30-24-20-11-6-7-12-22(20)37-17-28(24,3)35/h6-12,15,21,24,35H,5,13-14,16-17H2,1-4H3,(H2,29,31)(H,30,34). The fourth-order valence-electron chi connectivity index (χ4n) is 4.98. The third kappa shape index (κ3) is 5.47. The molecule has 4 atom stereocenters. The van der Waals surface area contributed by atoms with Crippen molar-refractivity contribution in [2.24, 2.45) is 0 Å². The van der Waals surface area contributed by atoms with Crippen LogP contribution in [0.4, 0.5) is 0 Å². The molecule has 0 aromatic heterocycles. The van der Waals surface area contributed by atoms with E-state index in [-0.39, 0.29) is 30.8 Å². The Morgan fingerprint density at radius 3 is 2.76 bits per heavy atom. The predicted molar refractivity (Wildman–Crippen MR) is 139 cm³/mol. The minimum Gasteiger partial charge on any atom is -0.490 e. The lowest BCUT2D eigenvalue weighted by atomic mass is 9.87. The number of benzene rings is 2. The average molecular weight is 509 g/mol. The molecule has 9 nitrogen and oxygen atoms in total. The lowest BCUT2D eigenvalue weighted by molar-refractivity contribution is -0.132. The van der Waals surface area contributed by atoms with Crippen molar-refractivity contribution in [3.8, 4) is 5.75 Å². The highest BCUT2D eigenvalue weighted by Gasteiger charge is 2.42. The number of hydrogen-bond donors (Lipinski definition) is 4. The van der Waals surface area contributed by atoms with Crippen molar-refractivity contribution in [2.75, 3.05) is 20.3 Å². The van der Waals surface area contributed by atoms with Gasteiger partial charge in [0.1, 0.15) is 18.0 Å². The molecule has 2 aliphatic rings. The third-order valence-corrected chi connectivity index (χ3v) is 7.34. The Hall–Kier alpha value is -3.43. The van der Waals surface area contributed by atoms with Gasteiger partial charge in [0.25, 0.3) is 5.91 Å². The summed E-state index contributed by atoms with van der Waals surface area (Å²) in [6.45, 7) is 5.99. The van der Waals surface area contributed by atoms with E-state index in [1.165, 1.54) is 4.90 Å². The van der Waals surface area contributed by atoms with E-state index in [0.29, 0.717) is 36.3 Å². The molecule has 198 valence electrons. The van der Waals surface area contributed by atoms with Crippen LogP contribution in [0.2, 0.25) is 0 Å². The topological polar surface area (TPSA) is 124 Å². The van der Waals surface area contributed by atoms with E-state index in [0.717, 1.165) is 5.56 Å². The Bertz CT molecular complexity index is 1160. The molecule has 2 aromatic rings. The average Bonchev–Trinajstić information content (AvgIpc) is 2.87. The van der Waals surface area contributed by atoms with Gasteiger partial charge < -0.3 is 25.2 Å². The molecular formula is C28H36N4O5. The van der Waals surface area contributed by atoms with Crippen LogP contribution in [0, 0.1) is 5.41 Å². The molecule has 0 aliphatic carbocycles. The molecule has 4 N–H and O–H groups in total. The van der Waals surface area contributed by atoms with Gasteiger partial charge in [-0.05, 0) is 50.5 Å². The molecule has 2 aliphatic heterocycles. The summed E-state index contributed by atoms with van der Waals surface area (Å²) in [5.74, 6) is 0.179. The van der Waals surface area contributed by atoms with Gasteiger partial charge in [0.05, 0.1) is 18.5 Å². The number of guanidine groups is 1. The first-order valence-corrected chi connectivity index (χ1v) is 12.6. The summed E-state index contributed by atoms with van der Waals surface area (Å²) in [6, 6.07) is 13.2. The number of para-hydroxylation sites is 1. The van der Waals surface area contributed by atoms with E-state index in [1.54, 1.807) is 32.2 Å². The van der Waals surface area contributed by atoms with Crippen LogP contribution in [-0.4, -0.2) is 59.2 Å². The molecule has 2 amide bonds. The minimum atomic E-state index is -1.30. The minimum absolute atomic E-state index is 0.0476. The van der Waals surface area contributed by atoms with Gasteiger partial charge in [0, 0.05) is 30.4 Å². The number of rotatable bonds is 8. The number of carbonyl (C=O) groups excluding carboxylic acids is 2. The first-order chi connectivity index (χ1) is 17.6. The molecule has 0 bridgehead atoms. The summed E-state index contributed by atoms with van der Waals surface area (Å²) in [4.78, 5) is 28.1. The van der Waals surface area contributed by atoms with Crippen LogP contribution >= 0.6 is 0 Å². The fraction of sp³-hybridized carbons (Fsp3) is 0.464. The van der Waals surface area contributed by atoms with Crippen molar-refractivity contribution >= 4 is 17.8 Å². The van der Waals surface area contributed by atoms with E-state index in [4.69, 9.17) is 14.9 Å². The molecule has 37 heavy (non-hydrogen) atoms. The summed E-state index contributed by atoms with van der Waals surface area (Å²) in [6.07, 6.45) is 1.45. The monoisotopic (exact) mass is 508 g/mol. The van der Waals surface area contributed by atoms with Gasteiger partial charge >= 0.3 is 0 Å². The first kappa shape index (κ1) is 26.6. The Morgan fingerprint density at radius 1 is 1.30 bits per heavy atom. The normalized spacial score (nSPS) is 26.1. The number of amides is 2. The molecule has 2 aromatic carbocycles. The summed E-state index contributed by atoms with van der Waals surface area (Å²) in [5.41, 5.74) is 0.0644. The molecular weight excluding hydrogens is 472 g/mol. The van der Waals surface area contributed by atoms with Crippen molar-refractivity contribution in [3.05, 3.63) is 65.2 Å². The molecule has 1 fully saturated rings. The first-order valence-electron chi connectivity index (χ1n) is 12.6. The van der Waals surface area contributed by atoms with Gasteiger partial charge in [-0.15, -0.1) is 0 Å². The summed E-state index contributed by atoms with van der Waals surface area (Å²) in [5, 5.41) is 25.8. The smallest absolute Gasteiger partial charge is 0.251 e. The summed E-state index contributed by atoms with van der Waals surface area (Å²) in [7, 11) is 1.59. The van der Waals surface area contributed by atoms with Gasteiger partial charge in [0.2, 0.25) is 5.91 Å². The number of carbonyl (C=O) groups is 2. The Labute approximate surface area is 217 Å². The molecule has 9 heteroatoms. The molecule has 0 saturated carbocycles. The zero-order chi connectivity index (χ0) is 26.8. The van der Waals surface area contributed by atoms with E-state index >= 15 is 0 Å². The van der Waals surface area contributed by atoms with Gasteiger partial charge in [0.15, 0.2) is 5.96 Å². The predicted octanol–water partition coefficient (Wildman–Crippen LogP) is 3.30. The highest BCUT2D eigenvalue weighted by Crippen LogP contribution is 2.38. The van der Waals surface area contributed by atoms with Crippen LogP contribution in [0.3, 0.4) is 0 Å². The van der Waals surface area contributed by atoms with Gasteiger partial charge in [-0.2, -0.15) is 0 Å².